The molecule has 3 N–H and O–H groups in total. The van der Waals surface area contributed by atoms with E-state index in [9.17, 15) is 18.0 Å². The van der Waals surface area contributed by atoms with Crippen molar-refractivity contribution >= 4 is 38.9 Å². The first-order valence-electron chi connectivity index (χ1n) is 9.43. The van der Waals surface area contributed by atoms with Crippen LogP contribution < -0.4 is 10.5 Å². The first-order valence-corrected chi connectivity index (χ1v) is 11.8. The number of fused-ring (bicyclic) bond motifs is 1. The van der Waals surface area contributed by atoms with Crippen LogP contribution in [0.2, 0.25) is 0 Å². The number of aryl methyl sites for hydroxylation is 1. The summed E-state index contributed by atoms with van der Waals surface area (Å²) in [5.74, 6) is -0.356. The van der Waals surface area contributed by atoms with Crippen LogP contribution >= 0.6 is 11.3 Å². The Morgan fingerprint density at radius 1 is 1.31 bits per heavy atom. The van der Waals surface area contributed by atoms with E-state index < -0.39 is 28.0 Å². The molecule has 9 heteroatoms. The Hall–Kier alpha value is -2.23. The van der Waals surface area contributed by atoms with Crippen molar-refractivity contribution in [2.75, 3.05) is 5.32 Å². The molecule has 0 fully saturated rings. The van der Waals surface area contributed by atoms with Crippen LogP contribution in [0.3, 0.4) is 0 Å². The van der Waals surface area contributed by atoms with Gasteiger partial charge in [0.2, 0.25) is 10.0 Å². The van der Waals surface area contributed by atoms with Crippen LogP contribution in [0.5, 0.6) is 0 Å². The van der Waals surface area contributed by atoms with Gasteiger partial charge in [-0.2, -0.15) is 0 Å². The maximum atomic E-state index is 12.5. The molecule has 0 aliphatic heterocycles. The summed E-state index contributed by atoms with van der Waals surface area (Å²) in [5, 5.41) is 7.64. The predicted octanol–water partition coefficient (Wildman–Crippen LogP) is 3.09. The van der Waals surface area contributed by atoms with Gasteiger partial charge in [0.25, 0.3) is 5.91 Å². The van der Waals surface area contributed by atoms with Gasteiger partial charge in [-0.05, 0) is 68.0 Å². The maximum Gasteiger partial charge on any atom is 0.349 e. The van der Waals surface area contributed by atoms with Gasteiger partial charge in [-0.25, -0.2) is 18.4 Å². The molecule has 29 heavy (non-hydrogen) atoms. The van der Waals surface area contributed by atoms with Gasteiger partial charge in [0.1, 0.15) is 4.88 Å². The molecule has 156 valence electrons. The number of nitrogens with two attached hydrogens (primary N) is 1. The third-order valence-electron chi connectivity index (χ3n) is 5.07. The van der Waals surface area contributed by atoms with E-state index in [-0.39, 0.29) is 4.90 Å². The van der Waals surface area contributed by atoms with Crippen LogP contribution in [-0.2, 0) is 32.4 Å². The van der Waals surface area contributed by atoms with Gasteiger partial charge in [-0.15, -0.1) is 11.3 Å². The monoisotopic (exact) mass is 436 g/mol. The zero-order valence-electron chi connectivity index (χ0n) is 16.3. The molecule has 0 saturated heterocycles. The fraction of sp³-hybridized carbons (Fsp3) is 0.400. The van der Waals surface area contributed by atoms with Crippen molar-refractivity contribution < 1.29 is 22.7 Å². The maximum absolute atomic E-state index is 12.5. The van der Waals surface area contributed by atoms with Crippen molar-refractivity contribution in [3.05, 3.63) is 45.6 Å². The van der Waals surface area contributed by atoms with Crippen LogP contribution in [0, 0.1) is 5.92 Å². The van der Waals surface area contributed by atoms with Gasteiger partial charge in [-0.3, -0.25) is 4.79 Å². The molecule has 1 heterocycles. The normalized spacial score (nSPS) is 17.3. The van der Waals surface area contributed by atoms with Gasteiger partial charge in [0.05, 0.1) is 4.90 Å². The van der Waals surface area contributed by atoms with E-state index in [1.54, 1.807) is 0 Å². The first kappa shape index (κ1) is 21.5. The Morgan fingerprint density at radius 2 is 2.00 bits per heavy atom. The molecular formula is C20H24N2O5S2. The summed E-state index contributed by atoms with van der Waals surface area (Å²) in [5.41, 5.74) is 1.59. The summed E-state index contributed by atoms with van der Waals surface area (Å²) in [4.78, 5) is 26.5. The largest absolute Gasteiger partial charge is 0.448 e. The van der Waals surface area contributed by atoms with Crippen LogP contribution in [0.1, 0.15) is 46.8 Å². The molecule has 3 rings (SSSR count). The molecular weight excluding hydrogens is 412 g/mol. The summed E-state index contributed by atoms with van der Waals surface area (Å²) >= 11 is 1.44. The number of hydrogen-bond donors (Lipinski definition) is 2. The number of hydrogen-bond acceptors (Lipinski definition) is 6. The van der Waals surface area contributed by atoms with Crippen molar-refractivity contribution in [3.63, 3.8) is 0 Å². The highest BCUT2D eigenvalue weighted by molar-refractivity contribution is 7.89. The van der Waals surface area contributed by atoms with Crippen LogP contribution in [0.4, 0.5) is 5.69 Å². The quantitative estimate of drug-likeness (QED) is 0.675. The molecule has 7 nitrogen and oxygen atoms in total. The second kappa shape index (κ2) is 8.64. The van der Waals surface area contributed by atoms with Crippen molar-refractivity contribution in [2.24, 2.45) is 11.1 Å². The van der Waals surface area contributed by atoms with E-state index in [0.717, 1.165) is 25.7 Å². The number of carbonyl (C=O) groups excluding carboxylic acids is 2. The molecule has 1 aliphatic carbocycles. The average Bonchev–Trinajstić information content (AvgIpc) is 3.11. The van der Waals surface area contributed by atoms with E-state index in [4.69, 9.17) is 9.88 Å². The highest BCUT2D eigenvalue weighted by atomic mass is 32.2. The fourth-order valence-electron chi connectivity index (χ4n) is 3.29. The topological polar surface area (TPSA) is 116 Å². The van der Waals surface area contributed by atoms with Crippen molar-refractivity contribution in [3.8, 4) is 0 Å². The zero-order chi connectivity index (χ0) is 21.2. The number of ether oxygens (including phenoxy) is 1. The lowest BCUT2D eigenvalue weighted by Gasteiger charge is -2.19. The van der Waals surface area contributed by atoms with Gasteiger partial charge in [-0.1, -0.05) is 13.3 Å². The third kappa shape index (κ3) is 5.23. The van der Waals surface area contributed by atoms with E-state index in [1.807, 2.05) is 6.07 Å². The van der Waals surface area contributed by atoms with Gasteiger partial charge >= 0.3 is 5.97 Å². The van der Waals surface area contributed by atoms with Crippen LogP contribution in [0.15, 0.2) is 35.2 Å². The number of rotatable bonds is 6. The Bertz CT molecular complexity index is 1010. The summed E-state index contributed by atoms with van der Waals surface area (Å²) in [6.07, 6.45) is 3.24. The van der Waals surface area contributed by atoms with Gasteiger partial charge < -0.3 is 10.1 Å². The van der Waals surface area contributed by atoms with E-state index in [0.29, 0.717) is 16.5 Å². The molecule has 2 aromatic rings. The molecule has 1 aromatic heterocycles. The number of sulfonamides is 1. The fourth-order valence-corrected chi connectivity index (χ4v) is 4.90. The standard InChI is InChI=1S/C20H24N2O5S2/c1-3-13-4-9-17-14(10-13)11-18(28-17)20(24)27-12(2)19(23)22-15-5-7-16(8-6-15)29(21,25)26/h5-8,11-13H,3-4,9-10H2,1-2H3,(H,22,23)(H2,21,25,26)/t12-,13-/m0/s1. The summed E-state index contributed by atoms with van der Waals surface area (Å²) in [6, 6.07) is 7.32. The minimum atomic E-state index is -3.80. The second-order valence-corrected chi connectivity index (χ2v) is 9.88. The number of thiophene rings is 1. The number of carbonyl (C=O) groups is 2. The molecule has 2 atom stereocenters. The average molecular weight is 437 g/mol. The van der Waals surface area contributed by atoms with Crippen molar-refractivity contribution in [1.29, 1.82) is 0 Å². The summed E-state index contributed by atoms with van der Waals surface area (Å²) in [7, 11) is -3.80. The number of nitrogens with one attached hydrogen (secondary N) is 1. The second-order valence-electron chi connectivity index (χ2n) is 7.18. The molecule has 0 saturated carbocycles. The summed E-state index contributed by atoms with van der Waals surface area (Å²) < 4.78 is 27.9. The summed E-state index contributed by atoms with van der Waals surface area (Å²) in [6.45, 7) is 3.67. The van der Waals surface area contributed by atoms with Gasteiger partial charge in [0.15, 0.2) is 6.10 Å². The predicted molar refractivity (Wildman–Crippen MR) is 111 cm³/mol. The number of esters is 1. The molecule has 0 radical (unpaired) electrons. The van der Waals surface area contributed by atoms with Crippen molar-refractivity contribution in [2.45, 2.75) is 50.5 Å². The number of amides is 1. The first-order chi connectivity index (χ1) is 13.7. The lowest BCUT2D eigenvalue weighted by atomic mass is 9.87. The molecule has 0 spiro atoms. The lowest BCUT2D eigenvalue weighted by Crippen LogP contribution is -2.29. The highest BCUT2D eigenvalue weighted by Crippen LogP contribution is 2.34. The minimum Gasteiger partial charge on any atom is -0.448 e. The van der Waals surface area contributed by atoms with E-state index in [1.165, 1.54) is 53.0 Å². The Balaban J connectivity index is 1.60. The number of anilines is 1. The van der Waals surface area contributed by atoms with Crippen LogP contribution in [0.25, 0.3) is 0 Å². The Labute approximate surface area is 174 Å². The van der Waals surface area contributed by atoms with Gasteiger partial charge in [0, 0.05) is 10.6 Å². The van der Waals surface area contributed by atoms with E-state index in [2.05, 4.69) is 12.2 Å². The van der Waals surface area contributed by atoms with E-state index >= 15 is 0 Å². The lowest BCUT2D eigenvalue weighted by molar-refractivity contribution is -0.123. The molecule has 0 unspecified atom stereocenters. The number of primary sulfonamides is 1. The molecule has 1 amide bonds. The third-order valence-corrected chi connectivity index (χ3v) is 7.21. The minimum absolute atomic E-state index is 0.0538. The Morgan fingerprint density at radius 3 is 2.62 bits per heavy atom. The van der Waals surface area contributed by atoms with Crippen LogP contribution in [-0.4, -0.2) is 26.4 Å². The molecule has 0 bridgehead atoms. The zero-order valence-corrected chi connectivity index (χ0v) is 17.9. The smallest absolute Gasteiger partial charge is 0.349 e. The SMILES string of the molecule is CC[C@H]1CCc2sc(C(=O)O[C@@H](C)C(=O)Nc3ccc(S(N)(=O)=O)cc3)cc2C1. The highest BCUT2D eigenvalue weighted by Gasteiger charge is 2.25. The molecule has 1 aromatic carbocycles. The van der Waals surface area contributed by atoms with Crippen molar-refractivity contribution in [1.82, 2.24) is 0 Å². The number of benzene rings is 1. The molecule has 1 aliphatic rings. The Kier molecular flexibility index (Phi) is 6.40.